The van der Waals surface area contributed by atoms with Crippen LogP contribution in [0.3, 0.4) is 0 Å². The smallest absolute Gasteiger partial charge is 0.332 e. The highest BCUT2D eigenvalue weighted by Gasteiger charge is 1.92. The van der Waals surface area contributed by atoms with Crippen molar-refractivity contribution in [1.82, 2.24) is 10.4 Å². The summed E-state index contributed by atoms with van der Waals surface area (Å²) >= 11 is 1.49. The van der Waals surface area contributed by atoms with E-state index in [9.17, 15) is 4.79 Å². The molecule has 0 fully saturated rings. The molecule has 0 spiro atoms. The molecular weight excluding hydrogens is 176 g/mol. The summed E-state index contributed by atoms with van der Waals surface area (Å²) in [6, 6.07) is -0.674. The maximum atomic E-state index is 10.2. The van der Waals surface area contributed by atoms with E-state index in [4.69, 9.17) is 5.73 Å². The van der Waals surface area contributed by atoms with Crippen LogP contribution in [0.25, 0.3) is 0 Å². The number of carbonyl (C=O) groups is 1. The van der Waals surface area contributed by atoms with Crippen LogP contribution in [0.4, 0.5) is 4.79 Å². The van der Waals surface area contributed by atoms with Gasteiger partial charge in [0.05, 0.1) is 16.1 Å². The zero-order chi connectivity index (χ0) is 8.97. The van der Waals surface area contributed by atoms with Crippen molar-refractivity contribution in [2.24, 2.45) is 10.8 Å². The topological polar surface area (TPSA) is 80.4 Å². The number of hydrogen-bond acceptors (Lipinski definition) is 4. The minimum absolute atomic E-state index is 0.674. The molecule has 1 rings (SSSR count). The molecule has 0 aliphatic heterocycles. The number of nitrogens with two attached hydrogens (primary N) is 1. The number of nitrogens with zero attached hydrogens (tertiary/aromatic N) is 2. The van der Waals surface area contributed by atoms with Crippen LogP contribution < -0.4 is 11.2 Å². The number of nitrogens with one attached hydrogen (secondary N) is 1. The molecule has 1 aromatic rings. The van der Waals surface area contributed by atoms with Crippen molar-refractivity contribution in [3.05, 3.63) is 16.1 Å². The molecule has 64 valence electrons. The molecular formula is C6H8N4OS. The van der Waals surface area contributed by atoms with Crippen LogP contribution in [0.2, 0.25) is 0 Å². The summed E-state index contributed by atoms with van der Waals surface area (Å²) in [5.41, 5.74) is 6.88. The van der Waals surface area contributed by atoms with Gasteiger partial charge in [-0.3, -0.25) is 0 Å². The first-order valence-electron chi connectivity index (χ1n) is 3.19. The SMILES string of the molecule is Cc1ncc(C=NNC(N)=O)s1. The Bertz CT molecular complexity index is 306. The number of urea groups is 1. The fraction of sp³-hybridized carbons (Fsp3) is 0.167. The Balaban J connectivity index is 2.52. The number of hydrogen-bond donors (Lipinski definition) is 2. The molecule has 0 bridgehead atoms. The van der Waals surface area contributed by atoms with E-state index in [1.807, 2.05) is 6.92 Å². The largest absolute Gasteiger partial charge is 0.350 e. The van der Waals surface area contributed by atoms with Gasteiger partial charge in [0.25, 0.3) is 0 Å². The molecule has 0 aromatic carbocycles. The van der Waals surface area contributed by atoms with E-state index in [-0.39, 0.29) is 0 Å². The highest BCUT2D eigenvalue weighted by molar-refractivity contribution is 7.13. The molecule has 1 heterocycles. The van der Waals surface area contributed by atoms with Gasteiger partial charge in [0.1, 0.15) is 0 Å². The lowest BCUT2D eigenvalue weighted by atomic mass is 10.6. The predicted molar refractivity (Wildman–Crippen MR) is 47.2 cm³/mol. The van der Waals surface area contributed by atoms with Gasteiger partial charge in [-0.2, -0.15) is 5.10 Å². The van der Waals surface area contributed by atoms with Crippen LogP contribution in [0.1, 0.15) is 9.88 Å². The number of aryl methyl sites for hydroxylation is 1. The quantitative estimate of drug-likeness (QED) is 0.517. The summed E-state index contributed by atoms with van der Waals surface area (Å²) in [6.45, 7) is 1.89. The van der Waals surface area contributed by atoms with Crippen molar-refractivity contribution < 1.29 is 4.79 Å². The molecule has 0 saturated carbocycles. The van der Waals surface area contributed by atoms with Gasteiger partial charge in [-0.05, 0) is 6.92 Å². The third kappa shape index (κ3) is 2.67. The number of aromatic nitrogens is 1. The van der Waals surface area contributed by atoms with Gasteiger partial charge in [-0.15, -0.1) is 11.3 Å². The predicted octanol–water partition coefficient (Wildman–Crippen LogP) is 0.454. The number of hydrazone groups is 1. The second-order valence-corrected chi connectivity index (χ2v) is 3.28. The van der Waals surface area contributed by atoms with E-state index in [2.05, 4.69) is 15.5 Å². The van der Waals surface area contributed by atoms with Gasteiger partial charge in [-0.25, -0.2) is 15.2 Å². The molecule has 1 aromatic heterocycles. The lowest BCUT2D eigenvalue weighted by Crippen LogP contribution is -2.24. The Morgan fingerprint density at radius 3 is 3.17 bits per heavy atom. The lowest BCUT2D eigenvalue weighted by Gasteiger charge is -1.87. The monoisotopic (exact) mass is 184 g/mol. The molecule has 5 nitrogen and oxygen atoms in total. The molecule has 0 aliphatic rings. The zero-order valence-electron chi connectivity index (χ0n) is 6.44. The first-order chi connectivity index (χ1) is 5.68. The molecule has 0 atom stereocenters. The fourth-order valence-corrected chi connectivity index (χ4v) is 1.25. The van der Waals surface area contributed by atoms with Gasteiger partial charge >= 0.3 is 6.03 Å². The second kappa shape index (κ2) is 3.82. The van der Waals surface area contributed by atoms with Crippen LogP contribution >= 0.6 is 11.3 Å². The second-order valence-electron chi connectivity index (χ2n) is 2.02. The molecule has 3 N–H and O–H groups in total. The van der Waals surface area contributed by atoms with E-state index >= 15 is 0 Å². The summed E-state index contributed by atoms with van der Waals surface area (Å²) in [7, 11) is 0. The molecule has 0 radical (unpaired) electrons. The van der Waals surface area contributed by atoms with Crippen LogP contribution in [0, 0.1) is 6.92 Å². The van der Waals surface area contributed by atoms with Crippen molar-refractivity contribution >= 4 is 23.6 Å². The van der Waals surface area contributed by atoms with Crippen molar-refractivity contribution in [2.45, 2.75) is 6.92 Å². The van der Waals surface area contributed by atoms with Crippen molar-refractivity contribution in [2.75, 3.05) is 0 Å². The van der Waals surface area contributed by atoms with E-state index < -0.39 is 6.03 Å². The molecule has 12 heavy (non-hydrogen) atoms. The number of amides is 2. The Labute approximate surface area is 73.3 Å². The highest BCUT2D eigenvalue weighted by Crippen LogP contribution is 2.07. The van der Waals surface area contributed by atoms with E-state index in [1.165, 1.54) is 17.6 Å². The fourth-order valence-electron chi connectivity index (χ4n) is 0.597. The standard InChI is InChI=1S/C6H8N4OS/c1-4-8-2-5(12-4)3-9-10-6(7)11/h2-3H,1H3,(H3,7,10,11). The summed E-state index contributed by atoms with van der Waals surface area (Å²) in [4.78, 5) is 15.1. The summed E-state index contributed by atoms with van der Waals surface area (Å²) < 4.78 is 0. The highest BCUT2D eigenvalue weighted by atomic mass is 32.1. The normalized spacial score (nSPS) is 10.4. The maximum Gasteiger partial charge on any atom is 0.332 e. The van der Waals surface area contributed by atoms with E-state index in [1.54, 1.807) is 6.20 Å². The maximum absolute atomic E-state index is 10.2. The van der Waals surface area contributed by atoms with E-state index in [0.717, 1.165) is 9.88 Å². The number of primary amides is 1. The average Bonchev–Trinajstić information content (AvgIpc) is 2.35. The zero-order valence-corrected chi connectivity index (χ0v) is 7.26. The number of thiazole rings is 1. The van der Waals surface area contributed by atoms with Crippen molar-refractivity contribution in [1.29, 1.82) is 0 Å². The van der Waals surface area contributed by atoms with E-state index in [0.29, 0.717) is 0 Å². The van der Waals surface area contributed by atoms with Gasteiger partial charge in [-0.1, -0.05) is 0 Å². The average molecular weight is 184 g/mol. The first kappa shape index (κ1) is 8.66. The Hall–Kier alpha value is -1.43. The van der Waals surface area contributed by atoms with Crippen molar-refractivity contribution in [3.63, 3.8) is 0 Å². The van der Waals surface area contributed by atoms with Gasteiger partial charge < -0.3 is 5.73 Å². The molecule has 0 unspecified atom stereocenters. The van der Waals surface area contributed by atoms with Crippen molar-refractivity contribution in [3.8, 4) is 0 Å². The van der Waals surface area contributed by atoms with Crippen LogP contribution in [-0.2, 0) is 0 Å². The van der Waals surface area contributed by atoms with Crippen LogP contribution in [0.5, 0.6) is 0 Å². The molecule has 2 amide bonds. The number of carbonyl (C=O) groups excluding carboxylic acids is 1. The first-order valence-corrected chi connectivity index (χ1v) is 4.01. The summed E-state index contributed by atoms with van der Waals surface area (Å²) in [6.07, 6.45) is 3.17. The minimum Gasteiger partial charge on any atom is -0.350 e. The third-order valence-electron chi connectivity index (χ3n) is 1.01. The van der Waals surface area contributed by atoms with Crippen LogP contribution in [-0.4, -0.2) is 17.2 Å². The lowest BCUT2D eigenvalue weighted by molar-refractivity contribution is 0.249. The summed E-state index contributed by atoms with van der Waals surface area (Å²) in [5.74, 6) is 0. The third-order valence-corrected chi connectivity index (χ3v) is 1.85. The Morgan fingerprint density at radius 2 is 2.67 bits per heavy atom. The molecule has 0 aliphatic carbocycles. The Morgan fingerprint density at radius 1 is 1.92 bits per heavy atom. The van der Waals surface area contributed by atoms with Gasteiger partial charge in [0, 0.05) is 6.20 Å². The van der Waals surface area contributed by atoms with Gasteiger partial charge in [0.15, 0.2) is 0 Å². The number of rotatable bonds is 2. The van der Waals surface area contributed by atoms with Gasteiger partial charge in [0.2, 0.25) is 0 Å². The summed E-state index contributed by atoms with van der Waals surface area (Å²) in [5, 5.41) is 4.53. The van der Waals surface area contributed by atoms with Crippen LogP contribution in [0.15, 0.2) is 11.3 Å². The molecule has 6 heteroatoms. The minimum atomic E-state index is -0.674. The molecule has 0 saturated heterocycles. The Kier molecular flexibility index (Phi) is 2.76.